The predicted octanol–water partition coefficient (Wildman–Crippen LogP) is 2.01. The molecule has 1 aliphatic carbocycles. The van der Waals surface area contributed by atoms with Gasteiger partial charge in [0.1, 0.15) is 0 Å². The maximum Gasteiger partial charge on any atom is 0.224 e. The van der Waals surface area contributed by atoms with Gasteiger partial charge in [-0.05, 0) is 45.2 Å². The summed E-state index contributed by atoms with van der Waals surface area (Å²) in [6.45, 7) is 5.24. The first-order chi connectivity index (χ1) is 9.02. The van der Waals surface area contributed by atoms with E-state index in [1.54, 1.807) is 0 Å². The molecule has 1 fully saturated rings. The van der Waals surface area contributed by atoms with Crippen LogP contribution in [0.3, 0.4) is 0 Å². The van der Waals surface area contributed by atoms with Crippen LogP contribution in [0.2, 0.25) is 0 Å². The van der Waals surface area contributed by atoms with Crippen LogP contribution in [0.1, 0.15) is 44.0 Å². The van der Waals surface area contributed by atoms with Crippen LogP contribution in [0.5, 0.6) is 0 Å². The van der Waals surface area contributed by atoms with E-state index in [9.17, 15) is 4.79 Å². The zero-order valence-corrected chi connectivity index (χ0v) is 11.9. The average Bonchev–Trinajstić information content (AvgIpc) is 2.34. The molecule has 0 bridgehead atoms. The number of nitrogens with two attached hydrogens (primary N) is 1. The summed E-state index contributed by atoms with van der Waals surface area (Å²) < 4.78 is 0. The molecule has 0 radical (unpaired) electrons. The molecule has 0 spiro atoms. The maximum atomic E-state index is 12.3. The van der Waals surface area contributed by atoms with Gasteiger partial charge in [-0.15, -0.1) is 0 Å². The highest BCUT2D eigenvalue weighted by molar-refractivity contribution is 5.77. The molecule has 0 saturated heterocycles. The molecule has 0 aliphatic heterocycles. The maximum absolute atomic E-state index is 12.3. The van der Waals surface area contributed by atoms with Gasteiger partial charge in [0.25, 0.3) is 0 Å². The van der Waals surface area contributed by atoms with Crippen molar-refractivity contribution in [1.82, 2.24) is 9.88 Å². The van der Waals surface area contributed by atoms with Crippen LogP contribution in [0, 0.1) is 6.92 Å². The third kappa shape index (κ3) is 3.53. The minimum atomic E-state index is -0.245. The van der Waals surface area contributed by atoms with Crippen LogP contribution < -0.4 is 5.73 Å². The summed E-state index contributed by atoms with van der Waals surface area (Å²) in [6.07, 6.45) is 3.56. The van der Waals surface area contributed by atoms with Gasteiger partial charge < -0.3 is 10.6 Å². The number of aromatic nitrogens is 1. The van der Waals surface area contributed by atoms with Crippen LogP contribution >= 0.6 is 0 Å². The first-order valence-corrected chi connectivity index (χ1v) is 7.01. The largest absolute Gasteiger partial charge is 0.337 e. The minimum absolute atomic E-state index is 0.146. The Morgan fingerprint density at radius 1 is 1.47 bits per heavy atom. The summed E-state index contributed by atoms with van der Waals surface area (Å²) in [5.41, 5.74) is 7.83. The van der Waals surface area contributed by atoms with Gasteiger partial charge in [-0.2, -0.15) is 0 Å². The average molecular weight is 261 g/mol. The van der Waals surface area contributed by atoms with Crippen LogP contribution in [0.4, 0.5) is 0 Å². The van der Waals surface area contributed by atoms with Gasteiger partial charge in [0, 0.05) is 24.2 Å². The van der Waals surface area contributed by atoms with E-state index in [4.69, 9.17) is 5.73 Å². The first kappa shape index (κ1) is 14.0. The van der Waals surface area contributed by atoms with Crippen molar-refractivity contribution in [3.63, 3.8) is 0 Å². The second-order valence-electron chi connectivity index (χ2n) is 5.57. The first-order valence-electron chi connectivity index (χ1n) is 7.01. The number of carbonyl (C=O) groups excluding carboxylic acids is 1. The van der Waals surface area contributed by atoms with Crippen LogP contribution in [-0.4, -0.2) is 27.9 Å². The summed E-state index contributed by atoms with van der Waals surface area (Å²) in [5.74, 6) is 0.146. The van der Waals surface area contributed by atoms with E-state index in [2.05, 4.69) is 4.98 Å². The zero-order valence-electron chi connectivity index (χ0n) is 11.9. The summed E-state index contributed by atoms with van der Waals surface area (Å²) in [7, 11) is 0. The lowest BCUT2D eigenvalue weighted by atomic mass is 9.75. The van der Waals surface area contributed by atoms with Crippen molar-refractivity contribution in [3.05, 3.63) is 29.6 Å². The van der Waals surface area contributed by atoms with Gasteiger partial charge in [-0.3, -0.25) is 9.78 Å². The van der Waals surface area contributed by atoms with Gasteiger partial charge in [0.05, 0.1) is 12.2 Å². The monoisotopic (exact) mass is 261 g/mol. The molecular weight excluding hydrogens is 238 g/mol. The number of hydrogen-bond donors (Lipinski definition) is 1. The molecule has 1 heterocycles. The fourth-order valence-corrected chi connectivity index (χ4v) is 2.48. The molecule has 4 nitrogen and oxygen atoms in total. The summed E-state index contributed by atoms with van der Waals surface area (Å²) >= 11 is 0. The predicted molar refractivity (Wildman–Crippen MR) is 75.5 cm³/mol. The SMILES string of the molecule is CCN(Cc1cccc(C)n1)C(=O)CC1(N)CCC1. The lowest BCUT2D eigenvalue weighted by Crippen LogP contribution is -2.50. The number of nitrogens with zero attached hydrogens (tertiary/aromatic N) is 2. The molecule has 1 aliphatic rings. The third-order valence-electron chi connectivity index (χ3n) is 3.89. The van der Waals surface area contributed by atoms with Crippen molar-refractivity contribution in [1.29, 1.82) is 0 Å². The van der Waals surface area contributed by atoms with E-state index in [1.165, 1.54) is 0 Å². The zero-order chi connectivity index (χ0) is 13.9. The molecule has 19 heavy (non-hydrogen) atoms. The summed E-state index contributed by atoms with van der Waals surface area (Å²) in [5, 5.41) is 0. The van der Waals surface area contributed by atoms with E-state index in [1.807, 2.05) is 36.9 Å². The number of pyridine rings is 1. The quantitative estimate of drug-likeness (QED) is 0.882. The fraction of sp³-hybridized carbons (Fsp3) is 0.600. The normalized spacial score (nSPS) is 16.8. The van der Waals surface area contributed by atoms with Crippen molar-refractivity contribution in [3.8, 4) is 0 Å². The molecule has 1 aromatic heterocycles. The van der Waals surface area contributed by atoms with Gasteiger partial charge in [0.15, 0.2) is 0 Å². The Labute approximate surface area is 115 Å². The molecule has 104 valence electrons. The highest BCUT2D eigenvalue weighted by Crippen LogP contribution is 2.32. The van der Waals surface area contributed by atoms with Gasteiger partial charge in [0.2, 0.25) is 5.91 Å². The Hall–Kier alpha value is -1.42. The van der Waals surface area contributed by atoms with Crippen LogP contribution in [0.25, 0.3) is 0 Å². The van der Waals surface area contributed by atoms with E-state index < -0.39 is 0 Å². The van der Waals surface area contributed by atoms with Gasteiger partial charge in [-0.25, -0.2) is 0 Å². The highest BCUT2D eigenvalue weighted by atomic mass is 16.2. The van der Waals surface area contributed by atoms with Gasteiger partial charge in [-0.1, -0.05) is 6.07 Å². The fourth-order valence-electron chi connectivity index (χ4n) is 2.48. The summed E-state index contributed by atoms with van der Waals surface area (Å²) in [6, 6.07) is 5.90. The topological polar surface area (TPSA) is 59.2 Å². The minimum Gasteiger partial charge on any atom is -0.337 e. The molecule has 2 rings (SSSR count). The van der Waals surface area contributed by atoms with Crippen molar-refractivity contribution >= 4 is 5.91 Å². The molecule has 1 amide bonds. The van der Waals surface area contributed by atoms with E-state index in [0.29, 0.717) is 19.5 Å². The van der Waals surface area contributed by atoms with Crippen LogP contribution in [-0.2, 0) is 11.3 Å². The lowest BCUT2D eigenvalue weighted by Gasteiger charge is -2.38. The number of carbonyl (C=O) groups is 1. The highest BCUT2D eigenvalue weighted by Gasteiger charge is 2.35. The van der Waals surface area contributed by atoms with Crippen molar-refractivity contribution in [2.24, 2.45) is 5.73 Å². The molecule has 1 saturated carbocycles. The second kappa shape index (κ2) is 5.70. The van der Waals surface area contributed by atoms with E-state index in [-0.39, 0.29) is 11.4 Å². The number of amides is 1. The Bertz CT molecular complexity index is 454. The Morgan fingerprint density at radius 3 is 2.74 bits per heavy atom. The smallest absolute Gasteiger partial charge is 0.224 e. The number of hydrogen-bond acceptors (Lipinski definition) is 3. The molecule has 0 atom stereocenters. The van der Waals surface area contributed by atoms with Crippen molar-refractivity contribution in [2.45, 2.75) is 51.6 Å². The molecule has 0 unspecified atom stereocenters. The number of aryl methyl sites for hydroxylation is 1. The Morgan fingerprint density at radius 2 is 2.21 bits per heavy atom. The number of rotatable bonds is 5. The molecule has 4 heteroatoms. The molecule has 2 N–H and O–H groups in total. The van der Waals surface area contributed by atoms with Gasteiger partial charge >= 0.3 is 0 Å². The van der Waals surface area contributed by atoms with Crippen molar-refractivity contribution < 1.29 is 4.79 Å². The van der Waals surface area contributed by atoms with E-state index >= 15 is 0 Å². The molecular formula is C15H23N3O. The Kier molecular flexibility index (Phi) is 4.20. The molecule has 0 aromatic carbocycles. The third-order valence-corrected chi connectivity index (χ3v) is 3.89. The van der Waals surface area contributed by atoms with E-state index in [0.717, 1.165) is 30.7 Å². The summed E-state index contributed by atoms with van der Waals surface area (Å²) in [4.78, 5) is 18.6. The lowest BCUT2D eigenvalue weighted by molar-refractivity contribution is -0.133. The Balaban J connectivity index is 1.97. The second-order valence-corrected chi connectivity index (χ2v) is 5.57. The molecule has 1 aromatic rings. The standard InChI is InChI=1S/C15H23N3O/c1-3-18(11-13-7-4-6-12(2)17-13)14(19)10-15(16)8-5-9-15/h4,6-7H,3,5,8-11,16H2,1-2H3. The van der Waals surface area contributed by atoms with Crippen LogP contribution in [0.15, 0.2) is 18.2 Å². The van der Waals surface area contributed by atoms with Crippen molar-refractivity contribution in [2.75, 3.05) is 6.54 Å².